The van der Waals surface area contributed by atoms with Crippen LogP contribution in [0.1, 0.15) is 10.5 Å². The van der Waals surface area contributed by atoms with Crippen LogP contribution in [0.5, 0.6) is 0 Å². The number of ether oxygens (including phenoxy) is 1. The van der Waals surface area contributed by atoms with Crippen LogP contribution < -0.4 is 0 Å². The van der Waals surface area contributed by atoms with Gasteiger partial charge in [-0.05, 0) is 17.7 Å². The number of hydrogen-bond donors (Lipinski definition) is 0. The molecule has 1 aromatic carbocycles. The first kappa shape index (κ1) is 12.0. The first-order valence-electron chi connectivity index (χ1n) is 5.78. The minimum absolute atomic E-state index is 0.368. The van der Waals surface area contributed by atoms with Gasteiger partial charge < -0.3 is 4.74 Å². The third kappa shape index (κ3) is 1.77. The van der Waals surface area contributed by atoms with Crippen molar-refractivity contribution in [2.24, 2.45) is 0 Å². The molecule has 0 radical (unpaired) electrons. The Kier molecular flexibility index (Phi) is 2.91. The number of pyridine rings is 1. The largest absolute Gasteiger partial charge is 0.464 e. The van der Waals surface area contributed by atoms with E-state index < -0.39 is 0 Å². The molecule has 0 saturated heterocycles. The molecule has 0 unspecified atom stereocenters. The maximum atomic E-state index is 11.9. The van der Waals surface area contributed by atoms with E-state index in [0.29, 0.717) is 10.7 Å². The average Bonchev–Trinajstić information content (AvgIpc) is 2.85. The predicted octanol–water partition coefficient (Wildman–Crippen LogP) is 3.00. The van der Waals surface area contributed by atoms with E-state index >= 15 is 0 Å². The number of imidazole rings is 1. The molecule has 3 aromatic rings. The molecule has 4 nitrogen and oxygen atoms in total. The fraction of sp³-hybridized carbons (Fsp3) is 0.143. The van der Waals surface area contributed by atoms with Gasteiger partial charge in [0.25, 0.3) is 0 Å². The van der Waals surface area contributed by atoms with Crippen molar-refractivity contribution in [3.05, 3.63) is 42.2 Å². The highest BCUT2D eigenvalue weighted by molar-refractivity contribution is 7.98. The van der Waals surface area contributed by atoms with Crippen molar-refractivity contribution in [1.29, 1.82) is 0 Å². The molecular weight excluding hydrogens is 260 g/mol. The normalized spacial score (nSPS) is 11.1. The van der Waals surface area contributed by atoms with Crippen LogP contribution in [0.4, 0.5) is 0 Å². The van der Waals surface area contributed by atoms with Gasteiger partial charge in [-0.15, -0.1) is 11.8 Å². The average molecular weight is 272 g/mol. The molecule has 0 N–H and O–H groups in total. The maximum absolute atomic E-state index is 11.9. The fourth-order valence-electron chi connectivity index (χ4n) is 2.17. The molecular formula is C14H12N2O2S. The van der Waals surface area contributed by atoms with Crippen molar-refractivity contribution in [2.45, 2.75) is 5.03 Å². The Bertz CT molecular complexity index is 780. The number of thioether (sulfide) groups is 1. The zero-order chi connectivity index (χ0) is 13.4. The summed E-state index contributed by atoms with van der Waals surface area (Å²) in [6.07, 6.45) is 3.76. The van der Waals surface area contributed by atoms with Gasteiger partial charge in [0.05, 0.1) is 7.11 Å². The Balaban J connectivity index is 2.43. The Labute approximate surface area is 114 Å². The fourth-order valence-corrected chi connectivity index (χ4v) is 2.73. The number of carbonyl (C=O) groups excluding carboxylic acids is 1. The molecule has 2 heterocycles. The lowest BCUT2D eigenvalue weighted by Gasteiger charge is -2.03. The van der Waals surface area contributed by atoms with E-state index in [2.05, 4.69) is 4.98 Å². The molecule has 0 amide bonds. The van der Waals surface area contributed by atoms with Crippen molar-refractivity contribution in [3.63, 3.8) is 0 Å². The third-order valence-corrected chi connectivity index (χ3v) is 3.73. The second kappa shape index (κ2) is 4.59. The van der Waals surface area contributed by atoms with Gasteiger partial charge in [0.2, 0.25) is 0 Å². The molecule has 19 heavy (non-hydrogen) atoms. The smallest absolute Gasteiger partial charge is 0.357 e. The number of hydrogen-bond acceptors (Lipinski definition) is 4. The van der Waals surface area contributed by atoms with Crippen LogP contribution in [0, 0.1) is 0 Å². The summed E-state index contributed by atoms with van der Waals surface area (Å²) in [6.45, 7) is 0. The Morgan fingerprint density at radius 1 is 1.32 bits per heavy atom. The van der Waals surface area contributed by atoms with Crippen molar-refractivity contribution in [2.75, 3.05) is 13.4 Å². The van der Waals surface area contributed by atoms with Gasteiger partial charge in [0, 0.05) is 11.6 Å². The molecule has 5 heteroatoms. The quantitative estimate of drug-likeness (QED) is 0.531. The van der Waals surface area contributed by atoms with Crippen LogP contribution >= 0.6 is 11.8 Å². The molecule has 0 saturated carbocycles. The number of methoxy groups -OCH3 is 1. The first-order chi connectivity index (χ1) is 9.26. The molecule has 0 aliphatic heterocycles. The number of fused-ring (bicyclic) bond motifs is 3. The lowest BCUT2D eigenvalue weighted by Crippen LogP contribution is -2.06. The topological polar surface area (TPSA) is 43.6 Å². The van der Waals surface area contributed by atoms with Crippen LogP contribution in [-0.4, -0.2) is 28.7 Å². The highest BCUT2D eigenvalue weighted by atomic mass is 32.2. The Hall–Kier alpha value is -2.01. The van der Waals surface area contributed by atoms with Gasteiger partial charge in [0.1, 0.15) is 10.7 Å². The number of nitrogens with zero attached hydrogens (tertiary/aromatic N) is 2. The van der Waals surface area contributed by atoms with E-state index in [0.717, 1.165) is 16.4 Å². The van der Waals surface area contributed by atoms with E-state index in [1.54, 1.807) is 4.40 Å². The van der Waals surface area contributed by atoms with E-state index in [1.807, 2.05) is 42.8 Å². The zero-order valence-electron chi connectivity index (χ0n) is 10.6. The van der Waals surface area contributed by atoms with E-state index in [4.69, 9.17) is 4.74 Å². The minimum Gasteiger partial charge on any atom is -0.464 e. The summed E-state index contributed by atoms with van der Waals surface area (Å²) in [5, 5.41) is 2.81. The molecule has 0 atom stereocenters. The summed E-state index contributed by atoms with van der Waals surface area (Å²) in [4.78, 5) is 16.5. The van der Waals surface area contributed by atoms with Gasteiger partial charge in [0.15, 0.2) is 5.69 Å². The summed E-state index contributed by atoms with van der Waals surface area (Å²) >= 11 is 1.44. The maximum Gasteiger partial charge on any atom is 0.357 e. The molecule has 0 spiro atoms. The number of benzene rings is 1. The summed E-state index contributed by atoms with van der Waals surface area (Å²) in [6, 6.07) is 9.95. The summed E-state index contributed by atoms with van der Waals surface area (Å²) in [7, 11) is 1.38. The summed E-state index contributed by atoms with van der Waals surface area (Å²) < 4.78 is 6.64. The first-order valence-corrected chi connectivity index (χ1v) is 7.01. The SMILES string of the molecule is COC(=O)c1c(SC)nc2c3ccccc3ccn12. The molecule has 0 bridgehead atoms. The minimum atomic E-state index is -0.368. The van der Waals surface area contributed by atoms with Crippen LogP contribution in [0.15, 0.2) is 41.6 Å². The van der Waals surface area contributed by atoms with E-state index in [1.165, 1.54) is 18.9 Å². The van der Waals surface area contributed by atoms with Crippen LogP contribution in [-0.2, 0) is 4.74 Å². The van der Waals surface area contributed by atoms with E-state index in [9.17, 15) is 4.79 Å². The van der Waals surface area contributed by atoms with Gasteiger partial charge in [-0.1, -0.05) is 24.3 Å². The van der Waals surface area contributed by atoms with Gasteiger partial charge in [-0.3, -0.25) is 4.40 Å². The predicted molar refractivity (Wildman–Crippen MR) is 75.8 cm³/mol. The van der Waals surface area contributed by atoms with Crippen molar-refractivity contribution in [3.8, 4) is 0 Å². The zero-order valence-corrected chi connectivity index (χ0v) is 11.4. The van der Waals surface area contributed by atoms with Gasteiger partial charge in [-0.2, -0.15) is 0 Å². The Morgan fingerprint density at radius 3 is 2.84 bits per heavy atom. The standard InChI is InChI=1S/C14H12N2O2S/c1-18-14(17)11-13(19-2)15-12-10-6-4-3-5-9(10)7-8-16(11)12/h3-8H,1-2H3. The van der Waals surface area contributed by atoms with Crippen molar-refractivity contribution >= 4 is 34.2 Å². The summed E-state index contributed by atoms with van der Waals surface area (Å²) in [5.41, 5.74) is 1.26. The Morgan fingerprint density at radius 2 is 2.11 bits per heavy atom. The van der Waals surface area contributed by atoms with Crippen molar-refractivity contribution < 1.29 is 9.53 Å². The van der Waals surface area contributed by atoms with Crippen LogP contribution in [0.3, 0.4) is 0 Å². The lowest BCUT2D eigenvalue weighted by atomic mass is 10.2. The molecule has 0 aliphatic rings. The monoisotopic (exact) mass is 272 g/mol. The number of esters is 1. The molecule has 0 aliphatic carbocycles. The van der Waals surface area contributed by atoms with E-state index in [-0.39, 0.29) is 5.97 Å². The number of rotatable bonds is 2. The molecule has 3 rings (SSSR count). The molecule has 2 aromatic heterocycles. The van der Waals surface area contributed by atoms with Crippen LogP contribution in [0.2, 0.25) is 0 Å². The highest BCUT2D eigenvalue weighted by Gasteiger charge is 2.20. The number of carbonyl (C=O) groups is 1. The lowest BCUT2D eigenvalue weighted by molar-refractivity contribution is 0.0588. The highest BCUT2D eigenvalue weighted by Crippen LogP contribution is 2.26. The van der Waals surface area contributed by atoms with Crippen molar-refractivity contribution in [1.82, 2.24) is 9.38 Å². The van der Waals surface area contributed by atoms with Gasteiger partial charge in [-0.25, -0.2) is 9.78 Å². The molecule has 96 valence electrons. The molecule has 0 fully saturated rings. The number of aromatic nitrogens is 2. The third-order valence-electron chi connectivity index (χ3n) is 3.06. The summed E-state index contributed by atoms with van der Waals surface area (Å²) in [5.74, 6) is -0.368. The van der Waals surface area contributed by atoms with Gasteiger partial charge >= 0.3 is 5.97 Å². The van der Waals surface area contributed by atoms with Crippen LogP contribution in [0.25, 0.3) is 16.4 Å². The second-order valence-corrected chi connectivity index (χ2v) is 4.85. The second-order valence-electron chi connectivity index (χ2n) is 4.06.